The second-order valence-corrected chi connectivity index (χ2v) is 9.58. The Morgan fingerprint density at radius 1 is 1.00 bits per heavy atom. The third-order valence-electron chi connectivity index (χ3n) is 5.35. The third-order valence-corrected chi connectivity index (χ3v) is 7.24. The lowest BCUT2D eigenvalue weighted by Gasteiger charge is -2.34. The average molecular weight is 459 g/mol. The van der Waals surface area contributed by atoms with E-state index in [0.29, 0.717) is 38.2 Å². The molecule has 1 aliphatic rings. The second-order valence-electron chi connectivity index (χ2n) is 7.49. The highest BCUT2D eigenvalue weighted by atomic mass is 35.5. The van der Waals surface area contributed by atoms with Crippen molar-refractivity contribution < 1.29 is 8.42 Å². The van der Waals surface area contributed by atoms with Crippen LogP contribution in [0, 0.1) is 0 Å². The number of anilines is 1. The first-order chi connectivity index (χ1) is 14.9. The van der Waals surface area contributed by atoms with E-state index in [1.54, 1.807) is 36.5 Å². The summed E-state index contributed by atoms with van der Waals surface area (Å²) in [5, 5.41) is 4.43. The number of nitrogens with zero attached hydrogens (tertiary/aromatic N) is 3. The van der Waals surface area contributed by atoms with Crippen LogP contribution in [-0.4, -0.2) is 37.3 Å². The Bertz CT molecular complexity index is 1190. The molecule has 31 heavy (non-hydrogen) atoms. The zero-order valence-electron chi connectivity index (χ0n) is 16.8. The van der Waals surface area contributed by atoms with Crippen molar-refractivity contribution in [3.63, 3.8) is 0 Å². The van der Waals surface area contributed by atoms with Crippen LogP contribution >= 0.6 is 11.6 Å². The number of benzene rings is 2. The molecular weight excluding hydrogens is 436 g/mol. The topological polar surface area (TPSA) is 84.3 Å². The maximum Gasteiger partial charge on any atom is 0.287 e. The van der Waals surface area contributed by atoms with Gasteiger partial charge in [0.1, 0.15) is 5.02 Å². The van der Waals surface area contributed by atoms with Crippen molar-refractivity contribution in [1.82, 2.24) is 14.5 Å². The lowest BCUT2D eigenvalue weighted by Crippen LogP contribution is -2.45. The minimum Gasteiger partial charge on any atom is -0.369 e. The number of aromatic nitrogens is 2. The van der Waals surface area contributed by atoms with Gasteiger partial charge in [-0.25, -0.2) is 17.8 Å². The van der Waals surface area contributed by atoms with E-state index < -0.39 is 10.0 Å². The van der Waals surface area contributed by atoms with E-state index in [0.717, 1.165) is 5.56 Å². The highest BCUT2D eigenvalue weighted by Gasteiger charge is 2.26. The number of nitrogens with one attached hydrogen (secondary N) is 1. The van der Waals surface area contributed by atoms with Gasteiger partial charge in [0.2, 0.25) is 10.0 Å². The smallest absolute Gasteiger partial charge is 0.287 e. The van der Waals surface area contributed by atoms with Gasteiger partial charge < -0.3 is 4.90 Å². The number of rotatable bonds is 6. The summed E-state index contributed by atoms with van der Waals surface area (Å²) in [6.45, 7) is 1.50. The molecule has 3 aromatic rings. The van der Waals surface area contributed by atoms with Gasteiger partial charge >= 0.3 is 0 Å². The molecule has 9 heteroatoms. The Labute approximate surface area is 186 Å². The first-order valence-corrected chi connectivity index (χ1v) is 11.9. The Balaban J connectivity index is 1.42. The molecule has 1 fully saturated rings. The fraction of sp³-hybridized carbons (Fsp3) is 0.273. The van der Waals surface area contributed by atoms with Crippen molar-refractivity contribution in [2.45, 2.75) is 30.3 Å². The number of sulfonamides is 1. The average Bonchev–Trinajstić information content (AvgIpc) is 2.79. The molecule has 2 aromatic carbocycles. The van der Waals surface area contributed by atoms with Gasteiger partial charge in [0.25, 0.3) is 5.56 Å². The molecule has 1 aliphatic heterocycles. The van der Waals surface area contributed by atoms with Crippen molar-refractivity contribution in [2.75, 3.05) is 18.0 Å². The first-order valence-electron chi connectivity index (χ1n) is 10.1. The van der Waals surface area contributed by atoms with Gasteiger partial charge in [0, 0.05) is 19.1 Å². The predicted octanol–water partition coefficient (Wildman–Crippen LogP) is 2.89. The van der Waals surface area contributed by atoms with Crippen LogP contribution in [0.3, 0.4) is 0 Å². The Hall–Kier alpha value is -2.68. The summed E-state index contributed by atoms with van der Waals surface area (Å²) in [4.78, 5) is 14.9. The standard InChI is InChI=1S/C22H23ClN4O3S/c23-21-20(15-24-27(22(21)28)16-17-7-3-1-4-8-17)26-13-11-18(12-14-26)25-31(29,30)19-9-5-2-6-10-19/h1-10,15,18,25H,11-14,16H2. The fourth-order valence-electron chi connectivity index (χ4n) is 3.67. The molecule has 0 bridgehead atoms. The van der Waals surface area contributed by atoms with Crippen molar-refractivity contribution in [1.29, 1.82) is 0 Å². The van der Waals surface area contributed by atoms with Crippen molar-refractivity contribution >= 4 is 27.3 Å². The highest BCUT2D eigenvalue weighted by Crippen LogP contribution is 2.25. The summed E-state index contributed by atoms with van der Waals surface area (Å²) in [5.74, 6) is 0. The van der Waals surface area contributed by atoms with Crippen molar-refractivity contribution in [3.8, 4) is 0 Å². The summed E-state index contributed by atoms with van der Waals surface area (Å²) in [6.07, 6.45) is 2.83. The quantitative estimate of drug-likeness (QED) is 0.614. The summed E-state index contributed by atoms with van der Waals surface area (Å²) in [6, 6.07) is 17.8. The van der Waals surface area contributed by atoms with Gasteiger partial charge in [-0.2, -0.15) is 5.10 Å². The van der Waals surface area contributed by atoms with E-state index >= 15 is 0 Å². The van der Waals surface area contributed by atoms with Crippen LogP contribution in [0.25, 0.3) is 0 Å². The molecule has 2 heterocycles. The number of piperidine rings is 1. The Morgan fingerprint density at radius 3 is 2.26 bits per heavy atom. The molecule has 1 saturated heterocycles. The van der Waals surface area contributed by atoms with Crippen LogP contribution in [0.15, 0.2) is 76.6 Å². The molecule has 0 unspecified atom stereocenters. The van der Waals surface area contributed by atoms with Crippen LogP contribution in [0.5, 0.6) is 0 Å². The van der Waals surface area contributed by atoms with Crippen molar-refractivity contribution in [3.05, 3.63) is 87.8 Å². The van der Waals surface area contributed by atoms with Gasteiger partial charge in [0.05, 0.1) is 23.3 Å². The molecule has 4 rings (SSSR count). The fourth-order valence-corrected chi connectivity index (χ4v) is 5.26. The zero-order valence-corrected chi connectivity index (χ0v) is 18.4. The van der Waals surface area contributed by atoms with Crippen LogP contribution in [-0.2, 0) is 16.6 Å². The molecule has 0 aliphatic carbocycles. The zero-order chi connectivity index (χ0) is 21.8. The summed E-state index contributed by atoms with van der Waals surface area (Å²) in [5.41, 5.74) is 1.21. The molecular formula is C22H23ClN4O3S. The molecule has 7 nitrogen and oxygen atoms in total. The van der Waals surface area contributed by atoms with Gasteiger partial charge in [-0.05, 0) is 30.5 Å². The van der Waals surface area contributed by atoms with Crippen LogP contribution in [0.4, 0.5) is 5.69 Å². The lowest BCUT2D eigenvalue weighted by atomic mass is 10.1. The van der Waals surface area contributed by atoms with Gasteiger partial charge in [-0.15, -0.1) is 0 Å². The normalized spacial score (nSPS) is 15.2. The lowest BCUT2D eigenvalue weighted by molar-refractivity contribution is 0.459. The molecule has 0 amide bonds. The van der Waals surface area contributed by atoms with E-state index in [2.05, 4.69) is 9.82 Å². The summed E-state index contributed by atoms with van der Waals surface area (Å²) in [7, 11) is -3.55. The van der Waals surface area contributed by atoms with Gasteiger partial charge in [0.15, 0.2) is 0 Å². The van der Waals surface area contributed by atoms with Crippen LogP contribution in [0.2, 0.25) is 5.02 Å². The monoisotopic (exact) mass is 458 g/mol. The number of hydrogen-bond acceptors (Lipinski definition) is 5. The SMILES string of the molecule is O=c1c(Cl)c(N2CCC(NS(=O)(=O)c3ccccc3)CC2)cnn1Cc1ccccc1. The van der Waals surface area contributed by atoms with Gasteiger partial charge in [-0.1, -0.05) is 60.1 Å². The third kappa shape index (κ3) is 4.98. The molecule has 0 saturated carbocycles. The molecule has 162 valence electrons. The van der Waals surface area contributed by atoms with Crippen LogP contribution in [0.1, 0.15) is 18.4 Å². The Kier molecular flexibility index (Phi) is 6.41. The van der Waals surface area contributed by atoms with Gasteiger partial charge in [-0.3, -0.25) is 4.79 Å². The minimum absolute atomic E-state index is 0.134. The highest BCUT2D eigenvalue weighted by molar-refractivity contribution is 7.89. The maximum absolute atomic E-state index is 12.7. The molecule has 1 N–H and O–H groups in total. The predicted molar refractivity (Wildman–Crippen MR) is 121 cm³/mol. The first kappa shape index (κ1) is 21.5. The minimum atomic E-state index is -3.55. The van der Waals surface area contributed by atoms with E-state index in [1.807, 2.05) is 35.2 Å². The number of halogens is 1. The van der Waals surface area contributed by atoms with Crippen molar-refractivity contribution in [2.24, 2.45) is 0 Å². The molecule has 0 atom stereocenters. The van der Waals surface area contributed by atoms with E-state index in [-0.39, 0.29) is 21.5 Å². The largest absolute Gasteiger partial charge is 0.369 e. The maximum atomic E-state index is 12.7. The molecule has 1 aromatic heterocycles. The Morgan fingerprint density at radius 2 is 1.61 bits per heavy atom. The second kappa shape index (κ2) is 9.21. The van der Waals surface area contributed by atoms with E-state index in [4.69, 9.17) is 11.6 Å². The summed E-state index contributed by atoms with van der Waals surface area (Å²) >= 11 is 6.39. The number of hydrogen-bond donors (Lipinski definition) is 1. The van der Waals surface area contributed by atoms with E-state index in [1.165, 1.54) is 4.68 Å². The van der Waals surface area contributed by atoms with Crippen LogP contribution < -0.4 is 15.2 Å². The van der Waals surface area contributed by atoms with E-state index in [9.17, 15) is 13.2 Å². The molecule has 0 spiro atoms. The summed E-state index contributed by atoms with van der Waals surface area (Å²) < 4.78 is 29.2. The molecule has 0 radical (unpaired) electrons.